The number of nitrogens with one attached hydrogen (secondary N) is 2. The normalized spacial score (nSPS) is 11.2. The first-order valence-corrected chi connectivity index (χ1v) is 9.52. The Hall–Kier alpha value is -2.48. The van der Waals surface area contributed by atoms with Gasteiger partial charge in [0, 0.05) is 10.0 Å². The van der Waals surface area contributed by atoms with E-state index in [0.717, 1.165) is 0 Å². The van der Waals surface area contributed by atoms with Crippen molar-refractivity contribution in [3.8, 4) is 0 Å². The first kappa shape index (κ1) is 18.3. The summed E-state index contributed by atoms with van der Waals surface area (Å²) in [5.41, 5.74) is 0.348. The molecule has 0 aliphatic heterocycles. The molecule has 3 rings (SSSR count). The Kier molecular flexibility index (Phi) is 5.22. The maximum atomic E-state index is 12.5. The molecule has 0 radical (unpaired) electrons. The number of benzene rings is 2. The zero-order chi connectivity index (χ0) is 18.7. The number of anilines is 2. The summed E-state index contributed by atoms with van der Waals surface area (Å²) in [6, 6.07) is 13.1. The third kappa shape index (κ3) is 4.19. The average Bonchev–Trinajstić information content (AvgIpc) is 3.12. The van der Waals surface area contributed by atoms with E-state index < -0.39 is 15.9 Å². The Labute approximate surface area is 159 Å². The van der Waals surface area contributed by atoms with Gasteiger partial charge in [0.2, 0.25) is 0 Å². The molecule has 0 unspecified atom stereocenters. The lowest BCUT2D eigenvalue weighted by molar-refractivity contribution is 0.0996. The molecular weight excluding hydrogens is 399 g/mol. The standard InChI is InChI=1S/C17H12Cl2N2O4S/c18-11-3-6-13(7-4-11)26(23,24)21-14-8-5-12(19)10-15(14)20-17(22)16-2-1-9-25-16/h1-10,21H,(H,20,22). The quantitative estimate of drug-likeness (QED) is 0.640. The Morgan fingerprint density at radius 2 is 1.62 bits per heavy atom. The van der Waals surface area contributed by atoms with E-state index in [4.69, 9.17) is 27.6 Å². The van der Waals surface area contributed by atoms with E-state index in [1.54, 1.807) is 6.07 Å². The fourth-order valence-corrected chi connectivity index (χ4v) is 3.50. The molecule has 0 saturated carbocycles. The minimum atomic E-state index is -3.88. The molecule has 6 nitrogen and oxygen atoms in total. The molecule has 0 saturated heterocycles. The van der Waals surface area contributed by atoms with Crippen LogP contribution in [-0.4, -0.2) is 14.3 Å². The van der Waals surface area contributed by atoms with Gasteiger partial charge in [-0.25, -0.2) is 8.42 Å². The molecule has 1 heterocycles. The fraction of sp³-hybridized carbons (Fsp3) is 0. The summed E-state index contributed by atoms with van der Waals surface area (Å²) in [4.78, 5) is 12.2. The molecule has 1 aromatic heterocycles. The van der Waals surface area contributed by atoms with Gasteiger partial charge in [0.15, 0.2) is 5.76 Å². The van der Waals surface area contributed by atoms with Gasteiger partial charge in [-0.05, 0) is 54.6 Å². The molecule has 26 heavy (non-hydrogen) atoms. The molecule has 0 spiro atoms. The van der Waals surface area contributed by atoms with Crippen LogP contribution in [0.4, 0.5) is 11.4 Å². The summed E-state index contributed by atoms with van der Waals surface area (Å²) in [6.45, 7) is 0. The van der Waals surface area contributed by atoms with Crippen molar-refractivity contribution in [2.45, 2.75) is 4.90 Å². The third-order valence-electron chi connectivity index (χ3n) is 3.34. The van der Waals surface area contributed by atoms with Crippen molar-refractivity contribution >= 4 is 50.5 Å². The van der Waals surface area contributed by atoms with Crippen LogP contribution < -0.4 is 10.0 Å². The average molecular weight is 411 g/mol. The van der Waals surface area contributed by atoms with Gasteiger partial charge in [0.05, 0.1) is 22.5 Å². The Bertz CT molecular complexity index is 1030. The largest absolute Gasteiger partial charge is 0.459 e. The molecule has 0 aliphatic carbocycles. The van der Waals surface area contributed by atoms with Crippen molar-refractivity contribution in [2.75, 3.05) is 10.0 Å². The van der Waals surface area contributed by atoms with Crippen LogP contribution in [-0.2, 0) is 10.0 Å². The Morgan fingerprint density at radius 1 is 0.923 bits per heavy atom. The summed E-state index contributed by atoms with van der Waals surface area (Å²) in [5.74, 6) is -0.458. The highest BCUT2D eigenvalue weighted by Gasteiger charge is 2.18. The lowest BCUT2D eigenvalue weighted by Crippen LogP contribution is -2.17. The topological polar surface area (TPSA) is 88.4 Å². The minimum Gasteiger partial charge on any atom is -0.459 e. The summed E-state index contributed by atoms with van der Waals surface area (Å²) in [7, 11) is -3.88. The first-order chi connectivity index (χ1) is 12.3. The van der Waals surface area contributed by atoms with Crippen LogP contribution >= 0.6 is 23.2 Å². The van der Waals surface area contributed by atoms with Gasteiger partial charge < -0.3 is 9.73 Å². The molecule has 0 aliphatic rings. The van der Waals surface area contributed by atoms with Gasteiger partial charge in [-0.3, -0.25) is 9.52 Å². The smallest absolute Gasteiger partial charge is 0.291 e. The second-order valence-electron chi connectivity index (χ2n) is 5.18. The molecule has 2 aromatic carbocycles. The lowest BCUT2D eigenvalue weighted by atomic mass is 10.2. The summed E-state index contributed by atoms with van der Waals surface area (Å²) in [6.07, 6.45) is 1.36. The van der Waals surface area contributed by atoms with E-state index in [-0.39, 0.29) is 22.0 Å². The van der Waals surface area contributed by atoms with Crippen molar-refractivity contribution in [3.63, 3.8) is 0 Å². The molecule has 3 aromatic rings. The monoisotopic (exact) mass is 410 g/mol. The number of furan rings is 1. The molecular formula is C17H12Cl2N2O4S. The highest BCUT2D eigenvalue weighted by atomic mass is 35.5. The Balaban J connectivity index is 1.90. The zero-order valence-electron chi connectivity index (χ0n) is 13.1. The number of carbonyl (C=O) groups is 1. The molecule has 0 bridgehead atoms. The predicted octanol–water partition coefficient (Wildman–Crippen LogP) is 4.64. The Morgan fingerprint density at radius 3 is 2.27 bits per heavy atom. The van der Waals surface area contributed by atoms with Crippen molar-refractivity contribution in [1.29, 1.82) is 0 Å². The van der Waals surface area contributed by atoms with Crippen LogP contribution in [0.1, 0.15) is 10.6 Å². The number of amides is 1. The molecule has 1 amide bonds. The van der Waals surface area contributed by atoms with Crippen LogP contribution in [0.5, 0.6) is 0 Å². The third-order valence-corrected chi connectivity index (χ3v) is 5.21. The van der Waals surface area contributed by atoms with Gasteiger partial charge in [-0.15, -0.1) is 0 Å². The number of hydrogen-bond acceptors (Lipinski definition) is 4. The lowest BCUT2D eigenvalue weighted by Gasteiger charge is -2.13. The van der Waals surface area contributed by atoms with E-state index in [1.165, 1.54) is 54.8 Å². The van der Waals surface area contributed by atoms with Crippen molar-refractivity contribution < 1.29 is 17.6 Å². The van der Waals surface area contributed by atoms with Crippen LogP contribution in [0.15, 0.2) is 70.2 Å². The van der Waals surface area contributed by atoms with Crippen LogP contribution in [0.25, 0.3) is 0 Å². The van der Waals surface area contributed by atoms with E-state index in [2.05, 4.69) is 10.0 Å². The maximum absolute atomic E-state index is 12.5. The zero-order valence-corrected chi connectivity index (χ0v) is 15.4. The van der Waals surface area contributed by atoms with Crippen molar-refractivity contribution in [2.24, 2.45) is 0 Å². The highest BCUT2D eigenvalue weighted by Crippen LogP contribution is 2.29. The van der Waals surface area contributed by atoms with E-state index in [1.807, 2.05) is 0 Å². The number of sulfonamides is 1. The number of halogens is 2. The van der Waals surface area contributed by atoms with E-state index in [9.17, 15) is 13.2 Å². The first-order valence-electron chi connectivity index (χ1n) is 7.28. The molecule has 0 atom stereocenters. The minimum absolute atomic E-state index is 0.0279. The fourth-order valence-electron chi connectivity index (χ4n) is 2.12. The van der Waals surface area contributed by atoms with Crippen LogP contribution in [0, 0.1) is 0 Å². The van der Waals surface area contributed by atoms with Gasteiger partial charge in [-0.1, -0.05) is 23.2 Å². The van der Waals surface area contributed by atoms with Crippen LogP contribution in [0.3, 0.4) is 0 Å². The highest BCUT2D eigenvalue weighted by molar-refractivity contribution is 7.92. The van der Waals surface area contributed by atoms with Gasteiger partial charge >= 0.3 is 0 Å². The summed E-state index contributed by atoms with van der Waals surface area (Å²) >= 11 is 11.7. The van der Waals surface area contributed by atoms with E-state index in [0.29, 0.717) is 10.0 Å². The predicted molar refractivity (Wildman–Crippen MR) is 100 cm³/mol. The number of rotatable bonds is 5. The molecule has 134 valence electrons. The summed E-state index contributed by atoms with van der Waals surface area (Å²) in [5, 5.41) is 3.32. The van der Waals surface area contributed by atoms with E-state index >= 15 is 0 Å². The SMILES string of the molecule is O=C(Nc1cc(Cl)ccc1NS(=O)(=O)c1ccc(Cl)cc1)c1ccco1. The second kappa shape index (κ2) is 7.41. The van der Waals surface area contributed by atoms with Crippen molar-refractivity contribution in [1.82, 2.24) is 0 Å². The summed E-state index contributed by atoms with van der Waals surface area (Å²) < 4.78 is 32.5. The number of carbonyl (C=O) groups excluding carboxylic acids is 1. The molecule has 0 fully saturated rings. The van der Waals surface area contributed by atoms with Crippen molar-refractivity contribution in [3.05, 3.63) is 76.7 Å². The molecule has 9 heteroatoms. The van der Waals surface area contributed by atoms with Gasteiger partial charge in [-0.2, -0.15) is 0 Å². The molecule has 2 N–H and O–H groups in total. The maximum Gasteiger partial charge on any atom is 0.291 e. The van der Waals surface area contributed by atoms with Crippen LogP contribution in [0.2, 0.25) is 10.0 Å². The van der Waals surface area contributed by atoms with Gasteiger partial charge in [0.1, 0.15) is 0 Å². The number of hydrogen-bond donors (Lipinski definition) is 2. The second-order valence-corrected chi connectivity index (χ2v) is 7.74. The van der Waals surface area contributed by atoms with Gasteiger partial charge in [0.25, 0.3) is 15.9 Å².